The van der Waals surface area contributed by atoms with Crippen LogP contribution in [0.15, 0.2) is 27.0 Å². The van der Waals surface area contributed by atoms with Gasteiger partial charge in [0.2, 0.25) is 11.8 Å². The van der Waals surface area contributed by atoms with Crippen LogP contribution in [0.25, 0.3) is 10.2 Å². The zero-order valence-corrected chi connectivity index (χ0v) is 14.9. The molecular formula is C16H16N4O2S2. The zero-order chi connectivity index (χ0) is 16.7. The summed E-state index contributed by atoms with van der Waals surface area (Å²) in [6, 6.07) is 0. The predicted octanol–water partition coefficient (Wildman–Crippen LogP) is 3.12. The van der Waals surface area contributed by atoms with Gasteiger partial charge in [-0.1, -0.05) is 17.8 Å². The second-order valence-electron chi connectivity index (χ2n) is 5.64. The maximum Gasteiger partial charge on any atom is 0.263 e. The first-order valence-corrected chi connectivity index (χ1v) is 9.55. The molecule has 4 rings (SSSR count). The van der Waals surface area contributed by atoms with Crippen molar-refractivity contribution in [3.05, 3.63) is 45.2 Å². The molecule has 0 amide bonds. The largest absolute Gasteiger partial charge is 0.425 e. The van der Waals surface area contributed by atoms with Crippen molar-refractivity contribution in [2.75, 3.05) is 0 Å². The SMILES string of the molecule is C=CCn1c(SCc2nnc(C)o2)nc2sc3c(c2c1=O)CCC3. The first kappa shape index (κ1) is 15.6. The Bertz CT molecular complexity index is 986. The van der Waals surface area contributed by atoms with E-state index < -0.39 is 0 Å². The second kappa shape index (κ2) is 6.18. The van der Waals surface area contributed by atoms with Crippen molar-refractivity contribution >= 4 is 33.3 Å². The maximum atomic E-state index is 13.0. The quantitative estimate of drug-likeness (QED) is 0.395. The van der Waals surface area contributed by atoms with Crippen LogP contribution in [0.1, 0.15) is 28.6 Å². The lowest BCUT2D eigenvalue weighted by molar-refractivity contribution is 0.485. The molecule has 3 aromatic rings. The molecule has 0 atom stereocenters. The molecule has 24 heavy (non-hydrogen) atoms. The Labute approximate surface area is 146 Å². The number of aromatic nitrogens is 4. The average molecular weight is 360 g/mol. The van der Waals surface area contributed by atoms with E-state index in [0.29, 0.717) is 29.2 Å². The molecule has 0 aliphatic heterocycles. The third-order valence-electron chi connectivity index (χ3n) is 3.99. The smallest absolute Gasteiger partial charge is 0.263 e. The van der Waals surface area contributed by atoms with Gasteiger partial charge in [-0.2, -0.15) is 0 Å². The van der Waals surface area contributed by atoms with Crippen LogP contribution >= 0.6 is 23.1 Å². The number of fused-ring (bicyclic) bond motifs is 3. The minimum Gasteiger partial charge on any atom is -0.425 e. The Kier molecular flexibility index (Phi) is 4.01. The Morgan fingerprint density at radius 3 is 3.04 bits per heavy atom. The van der Waals surface area contributed by atoms with E-state index in [1.165, 1.54) is 22.2 Å². The van der Waals surface area contributed by atoms with Crippen molar-refractivity contribution in [3.8, 4) is 0 Å². The summed E-state index contributed by atoms with van der Waals surface area (Å²) >= 11 is 3.09. The highest BCUT2D eigenvalue weighted by atomic mass is 32.2. The van der Waals surface area contributed by atoms with Crippen molar-refractivity contribution in [1.29, 1.82) is 0 Å². The number of thioether (sulfide) groups is 1. The molecule has 0 N–H and O–H groups in total. The Morgan fingerprint density at radius 2 is 2.29 bits per heavy atom. The van der Waals surface area contributed by atoms with Crippen LogP contribution in [0.5, 0.6) is 0 Å². The van der Waals surface area contributed by atoms with E-state index in [1.54, 1.807) is 28.9 Å². The van der Waals surface area contributed by atoms with E-state index in [-0.39, 0.29) is 5.56 Å². The van der Waals surface area contributed by atoms with Crippen molar-refractivity contribution in [1.82, 2.24) is 19.7 Å². The van der Waals surface area contributed by atoms with Gasteiger partial charge in [-0.05, 0) is 24.8 Å². The number of allylic oxidation sites excluding steroid dienone is 1. The molecule has 8 heteroatoms. The number of aryl methyl sites for hydroxylation is 3. The fourth-order valence-electron chi connectivity index (χ4n) is 2.98. The summed E-state index contributed by atoms with van der Waals surface area (Å²) in [5.41, 5.74) is 1.23. The molecular weight excluding hydrogens is 344 g/mol. The molecule has 1 aliphatic carbocycles. The number of hydrogen-bond acceptors (Lipinski definition) is 7. The lowest BCUT2D eigenvalue weighted by Crippen LogP contribution is -2.22. The van der Waals surface area contributed by atoms with E-state index in [2.05, 4.69) is 16.8 Å². The molecule has 0 spiro atoms. The molecule has 3 aromatic heterocycles. The molecule has 0 aromatic carbocycles. The molecule has 124 valence electrons. The van der Waals surface area contributed by atoms with Gasteiger partial charge >= 0.3 is 0 Å². The molecule has 0 unspecified atom stereocenters. The summed E-state index contributed by atoms with van der Waals surface area (Å²) in [4.78, 5) is 19.9. The maximum absolute atomic E-state index is 13.0. The summed E-state index contributed by atoms with van der Waals surface area (Å²) < 4.78 is 7.09. The van der Waals surface area contributed by atoms with Crippen molar-refractivity contribution < 1.29 is 4.42 Å². The van der Waals surface area contributed by atoms with Crippen LogP contribution in [0.4, 0.5) is 0 Å². The summed E-state index contributed by atoms with van der Waals surface area (Å²) in [5.74, 6) is 1.55. The standard InChI is InChI=1S/C16H16N4O2S2/c1-3-7-20-15(21)13-10-5-4-6-11(10)24-14(13)17-16(20)23-8-12-19-18-9(2)22-12/h3H,1,4-8H2,2H3. The van der Waals surface area contributed by atoms with Crippen LogP contribution in [0, 0.1) is 6.92 Å². The molecule has 6 nitrogen and oxygen atoms in total. The number of hydrogen-bond donors (Lipinski definition) is 0. The molecule has 0 saturated heterocycles. The van der Waals surface area contributed by atoms with Crippen LogP contribution in [-0.2, 0) is 25.1 Å². The highest BCUT2D eigenvalue weighted by Gasteiger charge is 2.23. The van der Waals surface area contributed by atoms with E-state index in [1.807, 2.05) is 0 Å². The topological polar surface area (TPSA) is 73.8 Å². The van der Waals surface area contributed by atoms with Crippen LogP contribution < -0.4 is 5.56 Å². The van der Waals surface area contributed by atoms with E-state index >= 15 is 0 Å². The fourth-order valence-corrected chi connectivity index (χ4v) is 5.13. The number of rotatable bonds is 5. The fraction of sp³-hybridized carbons (Fsp3) is 0.375. The zero-order valence-electron chi connectivity index (χ0n) is 13.2. The normalized spacial score (nSPS) is 13.5. The van der Waals surface area contributed by atoms with Crippen molar-refractivity contribution in [3.63, 3.8) is 0 Å². The lowest BCUT2D eigenvalue weighted by Gasteiger charge is -2.09. The van der Waals surface area contributed by atoms with E-state index in [9.17, 15) is 4.79 Å². The Hall–Kier alpha value is -1.93. The van der Waals surface area contributed by atoms with Gasteiger partial charge in [0.05, 0.1) is 11.1 Å². The highest BCUT2D eigenvalue weighted by molar-refractivity contribution is 7.98. The van der Waals surface area contributed by atoms with Gasteiger partial charge in [0.1, 0.15) is 4.83 Å². The minimum atomic E-state index is 0.0310. The van der Waals surface area contributed by atoms with Gasteiger partial charge in [-0.3, -0.25) is 9.36 Å². The van der Waals surface area contributed by atoms with Crippen LogP contribution in [-0.4, -0.2) is 19.7 Å². The highest BCUT2D eigenvalue weighted by Crippen LogP contribution is 2.35. The molecule has 0 bridgehead atoms. The third kappa shape index (κ3) is 2.59. The van der Waals surface area contributed by atoms with E-state index in [4.69, 9.17) is 9.40 Å². The molecule has 0 radical (unpaired) electrons. The van der Waals surface area contributed by atoms with Crippen LogP contribution in [0.2, 0.25) is 0 Å². The number of nitrogens with zero attached hydrogens (tertiary/aromatic N) is 4. The molecule has 1 aliphatic rings. The second-order valence-corrected chi connectivity index (χ2v) is 7.67. The predicted molar refractivity (Wildman–Crippen MR) is 94.7 cm³/mol. The first-order chi connectivity index (χ1) is 11.7. The first-order valence-electron chi connectivity index (χ1n) is 7.75. The summed E-state index contributed by atoms with van der Waals surface area (Å²) in [7, 11) is 0. The summed E-state index contributed by atoms with van der Waals surface area (Å²) in [5, 5.41) is 9.29. The van der Waals surface area contributed by atoms with Gasteiger partial charge in [0.25, 0.3) is 5.56 Å². The van der Waals surface area contributed by atoms with E-state index in [0.717, 1.165) is 29.5 Å². The van der Waals surface area contributed by atoms with Crippen molar-refractivity contribution in [2.24, 2.45) is 0 Å². The lowest BCUT2D eigenvalue weighted by atomic mass is 10.2. The van der Waals surface area contributed by atoms with Gasteiger partial charge in [-0.25, -0.2) is 4.98 Å². The molecule has 0 fully saturated rings. The minimum absolute atomic E-state index is 0.0310. The summed E-state index contributed by atoms with van der Waals surface area (Å²) in [6.45, 7) is 5.96. The Morgan fingerprint density at radius 1 is 1.42 bits per heavy atom. The van der Waals surface area contributed by atoms with Gasteiger partial charge in [0.15, 0.2) is 5.16 Å². The summed E-state index contributed by atoms with van der Waals surface area (Å²) in [6.07, 6.45) is 4.89. The molecule has 3 heterocycles. The number of thiophene rings is 1. The van der Waals surface area contributed by atoms with Gasteiger partial charge < -0.3 is 4.42 Å². The van der Waals surface area contributed by atoms with Gasteiger partial charge in [0, 0.05) is 18.3 Å². The monoisotopic (exact) mass is 360 g/mol. The third-order valence-corrected chi connectivity index (χ3v) is 6.14. The van der Waals surface area contributed by atoms with Crippen molar-refractivity contribution in [2.45, 2.75) is 43.6 Å². The Balaban J connectivity index is 1.77. The van der Waals surface area contributed by atoms with Gasteiger partial charge in [-0.15, -0.1) is 28.1 Å². The molecule has 0 saturated carbocycles. The van der Waals surface area contributed by atoms with Crippen LogP contribution in [0.3, 0.4) is 0 Å². The average Bonchev–Trinajstić information content (AvgIpc) is 3.24.